The lowest BCUT2D eigenvalue weighted by Crippen LogP contribution is -2.30. The SMILES string of the molecule is Cc1ccc2nc(CC(=O)N(C)CCO)ccc2c1. The molecular formula is C15H18N2O2. The highest BCUT2D eigenvalue weighted by Crippen LogP contribution is 2.15. The number of aliphatic hydroxyl groups excluding tert-OH is 1. The Morgan fingerprint density at radius 2 is 2.11 bits per heavy atom. The van der Waals surface area contributed by atoms with Crippen molar-refractivity contribution >= 4 is 16.8 Å². The van der Waals surface area contributed by atoms with Gasteiger partial charge in [0, 0.05) is 19.0 Å². The molecule has 19 heavy (non-hydrogen) atoms. The molecule has 4 heteroatoms. The zero-order valence-electron chi connectivity index (χ0n) is 11.3. The molecule has 0 aliphatic heterocycles. The molecular weight excluding hydrogens is 240 g/mol. The molecule has 0 atom stereocenters. The summed E-state index contributed by atoms with van der Waals surface area (Å²) in [4.78, 5) is 17.9. The normalized spacial score (nSPS) is 10.7. The van der Waals surface area contributed by atoms with Gasteiger partial charge in [-0.25, -0.2) is 0 Å². The second-order valence-electron chi connectivity index (χ2n) is 4.71. The number of benzene rings is 1. The molecule has 2 aromatic rings. The van der Waals surface area contributed by atoms with E-state index >= 15 is 0 Å². The van der Waals surface area contributed by atoms with Gasteiger partial charge in [-0.3, -0.25) is 9.78 Å². The Balaban J connectivity index is 2.17. The third-order valence-electron chi connectivity index (χ3n) is 3.10. The fourth-order valence-electron chi connectivity index (χ4n) is 1.95. The molecule has 0 saturated heterocycles. The molecule has 0 unspecified atom stereocenters. The number of hydrogen-bond acceptors (Lipinski definition) is 3. The van der Waals surface area contributed by atoms with E-state index < -0.39 is 0 Å². The van der Waals surface area contributed by atoms with Gasteiger partial charge < -0.3 is 10.0 Å². The number of likely N-dealkylation sites (N-methyl/N-ethyl adjacent to an activating group) is 1. The van der Waals surface area contributed by atoms with Crippen LogP contribution in [0.5, 0.6) is 0 Å². The van der Waals surface area contributed by atoms with Crippen LogP contribution in [0.2, 0.25) is 0 Å². The molecule has 1 aromatic heterocycles. The Bertz CT molecular complexity index is 596. The summed E-state index contributed by atoms with van der Waals surface area (Å²) in [6, 6.07) is 9.93. The fourth-order valence-corrected chi connectivity index (χ4v) is 1.95. The van der Waals surface area contributed by atoms with Crippen molar-refractivity contribution in [3.05, 3.63) is 41.6 Å². The summed E-state index contributed by atoms with van der Waals surface area (Å²) in [5, 5.41) is 9.89. The first-order valence-corrected chi connectivity index (χ1v) is 6.31. The number of aliphatic hydroxyl groups is 1. The number of pyridine rings is 1. The van der Waals surface area contributed by atoms with E-state index in [0.29, 0.717) is 6.54 Å². The maximum atomic E-state index is 11.9. The fraction of sp³-hybridized carbons (Fsp3) is 0.333. The summed E-state index contributed by atoms with van der Waals surface area (Å²) in [5.41, 5.74) is 2.85. The van der Waals surface area contributed by atoms with Gasteiger partial charge in [0.2, 0.25) is 5.91 Å². The average Bonchev–Trinajstić information content (AvgIpc) is 2.39. The molecule has 0 saturated carbocycles. The highest BCUT2D eigenvalue weighted by molar-refractivity contribution is 5.82. The van der Waals surface area contributed by atoms with Gasteiger partial charge in [0.05, 0.1) is 24.2 Å². The molecule has 0 fully saturated rings. The van der Waals surface area contributed by atoms with E-state index in [1.807, 2.05) is 31.2 Å². The molecule has 1 N–H and O–H groups in total. The number of rotatable bonds is 4. The van der Waals surface area contributed by atoms with Gasteiger partial charge in [0.15, 0.2) is 0 Å². The van der Waals surface area contributed by atoms with Crippen molar-refractivity contribution in [1.29, 1.82) is 0 Å². The van der Waals surface area contributed by atoms with Crippen LogP contribution in [0.15, 0.2) is 30.3 Å². The second kappa shape index (κ2) is 5.80. The molecule has 4 nitrogen and oxygen atoms in total. The van der Waals surface area contributed by atoms with Gasteiger partial charge in [-0.15, -0.1) is 0 Å². The molecule has 0 spiro atoms. The van der Waals surface area contributed by atoms with Crippen LogP contribution in [-0.4, -0.2) is 41.1 Å². The van der Waals surface area contributed by atoms with Crippen molar-refractivity contribution in [3.8, 4) is 0 Å². The van der Waals surface area contributed by atoms with E-state index in [0.717, 1.165) is 16.6 Å². The van der Waals surface area contributed by atoms with Crippen molar-refractivity contribution in [3.63, 3.8) is 0 Å². The van der Waals surface area contributed by atoms with Crippen LogP contribution in [0.25, 0.3) is 10.9 Å². The number of aromatic nitrogens is 1. The smallest absolute Gasteiger partial charge is 0.228 e. The number of carbonyl (C=O) groups is 1. The van der Waals surface area contributed by atoms with Crippen molar-refractivity contribution in [2.24, 2.45) is 0 Å². The largest absolute Gasteiger partial charge is 0.395 e. The maximum Gasteiger partial charge on any atom is 0.228 e. The molecule has 0 bridgehead atoms. The molecule has 1 amide bonds. The zero-order chi connectivity index (χ0) is 13.8. The minimum Gasteiger partial charge on any atom is -0.395 e. The maximum absolute atomic E-state index is 11.9. The summed E-state index contributed by atoms with van der Waals surface area (Å²) in [7, 11) is 1.68. The zero-order valence-corrected chi connectivity index (χ0v) is 11.3. The third kappa shape index (κ3) is 3.29. The third-order valence-corrected chi connectivity index (χ3v) is 3.10. The first kappa shape index (κ1) is 13.5. The van der Waals surface area contributed by atoms with Crippen LogP contribution in [-0.2, 0) is 11.2 Å². The molecule has 0 radical (unpaired) electrons. The second-order valence-corrected chi connectivity index (χ2v) is 4.71. The number of hydrogen-bond donors (Lipinski definition) is 1. The summed E-state index contributed by atoms with van der Waals surface area (Å²) >= 11 is 0. The summed E-state index contributed by atoms with van der Waals surface area (Å²) in [5.74, 6) is -0.0342. The lowest BCUT2D eigenvalue weighted by molar-refractivity contribution is -0.129. The Morgan fingerprint density at radius 3 is 2.84 bits per heavy atom. The van der Waals surface area contributed by atoms with E-state index in [1.165, 1.54) is 10.5 Å². The number of amides is 1. The van der Waals surface area contributed by atoms with Gasteiger partial charge in [-0.05, 0) is 25.1 Å². The molecule has 1 aromatic carbocycles. The van der Waals surface area contributed by atoms with Crippen LogP contribution < -0.4 is 0 Å². The Hall–Kier alpha value is -1.94. The number of fused-ring (bicyclic) bond motifs is 1. The lowest BCUT2D eigenvalue weighted by atomic mass is 10.1. The summed E-state index contributed by atoms with van der Waals surface area (Å²) in [6.07, 6.45) is 0.264. The quantitative estimate of drug-likeness (QED) is 0.905. The molecule has 0 aliphatic rings. The van der Waals surface area contributed by atoms with Crippen LogP contribution in [0.3, 0.4) is 0 Å². The van der Waals surface area contributed by atoms with Crippen LogP contribution in [0.4, 0.5) is 0 Å². The van der Waals surface area contributed by atoms with Crippen molar-refractivity contribution in [2.45, 2.75) is 13.3 Å². The van der Waals surface area contributed by atoms with Crippen molar-refractivity contribution < 1.29 is 9.90 Å². The number of aryl methyl sites for hydroxylation is 1. The summed E-state index contributed by atoms with van der Waals surface area (Å²) in [6.45, 7) is 2.37. The topological polar surface area (TPSA) is 53.4 Å². The Kier molecular flexibility index (Phi) is 4.12. The standard InChI is InChI=1S/C15H18N2O2/c1-11-3-6-14-12(9-11)4-5-13(16-14)10-15(19)17(2)7-8-18/h3-6,9,18H,7-8,10H2,1-2H3. The van der Waals surface area contributed by atoms with Crippen LogP contribution >= 0.6 is 0 Å². The predicted octanol–water partition coefficient (Wildman–Crippen LogP) is 1.54. The monoisotopic (exact) mass is 258 g/mol. The minimum atomic E-state index is -0.0342. The lowest BCUT2D eigenvalue weighted by Gasteiger charge is -2.15. The summed E-state index contributed by atoms with van der Waals surface area (Å²) < 4.78 is 0. The first-order valence-electron chi connectivity index (χ1n) is 6.31. The first-order chi connectivity index (χ1) is 9.10. The highest BCUT2D eigenvalue weighted by atomic mass is 16.3. The predicted molar refractivity (Wildman–Crippen MR) is 74.9 cm³/mol. The van der Waals surface area contributed by atoms with Gasteiger partial charge in [-0.2, -0.15) is 0 Å². The highest BCUT2D eigenvalue weighted by Gasteiger charge is 2.10. The van der Waals surface area contributed by atoms with Gasteiger partial charge in [0.25, 0.3) is 0 Å². The average molecular weight is 258 g/mol. The van der Waals surface area contributed by atoms with Gasteiger partial charge in [-0.1, -0.05) is 17.7 Å². The van der Waals surface area contributed by atoms with E-state index in [2.05, 4.69) is 11.1 Å². The Labute approximate surface area is 112 Å². The van der Waals surface area contributed by atoms with Crippen molar-refractivity contribution in [1.82, 2.24) is 9.88 Å². The Morgan fingerprint density at radius 1 is 1.32 bits per heavy atom. The molecule has 100 valence electrons. The van der Waals surface area contributed by atoms with E-state index in [9.17, 15) is 4.79 Å². The minimum absolute atomic E-state index is 0.0212. The number of carbonyl (C=O) groups excluding carboxylic acids is 1. The van der Waals surface area contributed by atoms with Crippen LogP contribution in [0.1, 0.15) is 11.3 Å². The molecule has 2 rings (SSSR count). The van der Waals surface area contributed by atoms with E-state index in [1.54, 1.807) is 7.05 Å². The van der Waals surface area contributed by atoms with Gasteiger partial charge >= 0.3 is 0 Å². The number of nitrogens with zero attached hydrogens (tertiary/aromatic N) is 2. The van der Waals surface area contributed by atoms with Crippen molar-refractivity contribution in [2.75, 3.05) is 20.2 Å². The van der Waals surface area contributed by atoms with E-state index in [-0.39, 0.29) is 18.9 Å². The molecule has 0 aliphatic carbocycles. The van der Waals surface area contributed by atoms with Crippen LogP contribution in [0, 0.1) is 6.92 Å². The van der Waals surface area contributed by atoms with E-state index in [4.69, 9.17) is 5.11 Å². The molecule has 1 heterocycles. The van der Waals surface area contributed by atoms with Gasteiger partial charge in [0.1, 0.15) is 0 Å².